The molecule has 1 radical (unpaired) electrons. The van der Waals surface area contributed by atoms with Crippen molar-refractivity contribution in [1.82, 2.24) is 0 Å². The van der Waals surface area contributed by atoms with E-state index in [-0.39, 0.29) is 0 Å². The van der Waals surface area contributed by atoms with Crippen molar-refractivity contribution in [3.8, 4) is 0 Å². The maximum absolute atomic E-state index is 5.75. The van der Waals surface area contributed by atoms with E-state index < -0.39 is 0 Å². The minimum atomic E-state index is 1.05. The molecular formula is C13H25. The van der Waals surface area contributed by atoms with Crippen molar-refractivity contribution in [2.45, 2.75) is 71.6 Å². The van der Waals surface area contributed by atoms with Gasteiger partial charge in [-0.3, -0.25) is 0 Å². The molecule has 0 aliphatic carbocycles. The molecule has 0 saturated heterocycles. The lowest BCUT2D eigenvalue weighted by Gasteiger charge is -2.02. The fraction of sp³-hybridized carbons (Fsp3) is 0.846. The Morgan fingerprint density at radius 3 is 1.92 bits per heavy atom. The second-order valence-corrected chi connectivity index (χ2v) is 3.88. The molecular weight excluding hydrogens is 156 g/mol. The van der Waals surface area contributed by atoms with Crippen LogP contribution in [0.3, 0.4) is 0 Å². The van der Waals surface area contributed by atoms with E-state index >= 15 is 0 Å². The minimum absolute atomic E-state index is 1.05. The normalized spacial score (nSPS) is 10.3. The largest absolute Gasteiger partial charge is 0.0705 e. The van der Waals surface area contributed by atoms with Gasteiger partial charge in [-0.25, -0.2) is 0 Å². The molecule has 0 aromatic carbocycles. The van der Waals surface area contributed by atoms with Gasteiger partial charge in [-0.1, -0.05) is 64.5 Å². The average Bonchev–Trinajstić information content (AvgIpc) is 2.16. The van der Waals surface area contributed by atoms with Crippen LogP contribution < -0.4 is 0 Å². The summed E-state index contributed by atoms with van der Waals surface area (Å²) in [6.07, 6.45) is 11.8. The summed E-state index contributed by atoms with van der Waals surface area (Å²) in [5.74, 6) is 0. The highest BCUT2D eigenvalue weighted by molar-refractivity contribution is 4.88. The molecule has 0 aromatic heterocycles. The second-order valence-electron chi connectivity index (χ2n) is 3.88. The molecule has 0 rings (SSSR count). The molecule has 0 amide bonds. The van der Waals surface area contributed by atoms with Crippen LogP contribution in [-0.4, -0.2) is 0 Å². The molecule has 0 nitrogen and oxygen atoms in total. The molecule has 0 atom stereocenters. The summed E-state index contributed by atoms with van der Waals surface area (Å²) in [5, 5.41) is 0. The van der Waals surface area contributed by atoms with Gasteiger partial charge in [0, 0.05) is 0 Å². The Kier molecular flexibility index (Phi) is 9.63. The Hall–Kier alpha value is -0.260. The van der Waals surface area contributed by atoms with E-state index in [1.54, 1.807) is 0 Å². The maximum atomic E-state index is 5.75. The van der Waals surface area contributed by atoms with Crippen LogP contribution in [0.1, 0.15) is 71.6 Å². The monoisotopic (exact) mass is 181 g/mol. The molecule has 0 N–H and O–H groups in total. The van der Waals surface area contributed by atoms with Crippen LogP contribution in [0.25, 0.3) is 0 Å². The van der Waals surface area contributed by atoms with Crippen molar-refractivity contribution in [2.24, 2.45) is 0 Å². The smallest absolute Gasteiger partial charge is 0.0317 e. The van der Waals surface area contributed by atoms with Gasteiger partial charge in [0.15, 0.2) is 0 Å². The van der Waals surface area contributed by atoms with Crippen LogP contribution in [0.4, 0.5) is 0 Å². The van der Waals surface area contributed by atoms with Gasteiger partial charge in [0.25, 0.3) is 0 Å². The zero-order valence-electron chi connectivity index (χ0n) is 9.44. The van der Waals surface area contributed by atoms with Gasteiger partial charge < -0.3 is 0 Å². The van der Waals surface area contributed by atoms with Crippen LogP contribution in [0.2, 0.25) is 0 Å². The molecule has 77 valence electrons. The van der Waals surface area contributed by atoms with E-state index in [1.807, 2.05) is 0 Å². The minimum Gasteiger partial charge on any atom is -0.0705 e. The molecule has 0 bridgehead atoms. The van der Waals surface area contributed by atoms with Crippen molar-refractivity contribution in [2.75, 3.05) is 0 Å². The lowest BCUT2D eigenvalue weighted by molar-refractivity contribution is 0.586. The molecule has 0 heteroatoms. The Morgan fingerprint density at radius 2 is 1.38 bits per heavy atom. The van der Waals surface area contributed by atoms with Crippen molar-refractivity contribution in [3.05, 3.63) is 12.2 Å². The lowest BCUT2D eigenvalue weighted by atomic mass is 10.0. The highest BCUT2D eigenvalue weighted by Crippen LogP contribution is 2.12. The summed E-state index contributed by atoms with van der Waals surface area (Å²) in [5.41, 5.74) is 1.17. The molecule has 0 aromatic rings. The Bertz CT molecular complexity index is 113. The van der Waals surface area contributed by atoms with Crippen LogP contribution in [0, 0.1) is 6.58 Å². The molecule has 0 aliphatic heterocycles. The van der Waals surface area contributed by atoms with Gasteiger partial charge >= 0.3 is 0 Å². The summed E-state index contributed by atoms with van der Waals surface area (Å²) in [4.78, 5) is 0. The fourth-order valence-electron chi connectivity index (χ4n) is 1.49. The van der Waals surface area contributed by atoms with E-state index in [0.29, 0.717) is 0 Å². The third-order valence-electron chi connectivity index (χ3n) is 2.56. The highest BCUT2D eigenvalue weighted by Gasteiger charge is 1.92. The Morgan fingerprint density at radius 1 is 0.846 bits per heavy atom. The lowest BCUT2D eigenvalue weighted by Crippen LogP contribution is -1.82. The fourth-order valence-corrected chi connectivity index (χ4v) is 1.49. The summed E-state index contributed by atoms with van der Waals surface area (Å²) in [7, 11) is 0. The Labute approximate surface area is 84.4 Å². The third-order valence-corrected chi connectivity index (χ3v) is 2.56. The molecule has 13 heavy (non-hydrogen) atoms. The third kappa shape index (κ3) is 9.66. The van der Waals surface area contributed by atoms with E-state index in [2.05, 4.69) is 13.8 Å². The van der Waals surface area contributed by atoms with Crippen molar-refractivity contribution in [3.63, 3.8) is 0 Å². The summed E-state index contributed by atoms with van der Waals surface area (Å²) < 4.78 is 0. The molecule has 0 heterocycles. The van der Waals surface area contributed by atoms with Crippen LogP contribution in [0.15, 0.2) is 5.57 Å². The number of hydrogen-bond donors (Lipinski definition) is 0. The summed E-state index contributed by atoms with van der Waals surface area (Å²) in [6.45, 7) is 10.1. The highest BCUT2D eigenvalue weighted by atomic mass is 14.0. The van der Waals surface area contributed by atoms with Crippen LogP contribution in [-0.2, 0) is 0 Å². The van der Waals surface area contributed by atoms with Gasteiger partial charge in [0.1, 0.15) is 0 Å². The summed E-state index contributed by atoms with van der Waals surface area (Å²) >= 11 is 0. The number of hydrogen-bond acceptors (Lipinski definition) is 0. The topological polar surface area (TPSA) is 0 Å². The van der Waals surface area contributed by atoms with E-state index in [9.17, 15) is 0 Å². The summed E-state index contributed by atoms with van der Waals surface area (Å²) in [6, 6.07) is 0. The zero-order valence-corrected chi connectivity index (χ0v) is 9.44. The van der Waals surface area contributed by atoms with Gasteiger partial charge in [0.05, 0.1) is 0 Å². The molecule has 0 saturated carbocycles. The number of unbranched alkanes of at least 4 members (excludes halogenated alkanes) is 6. The van der Waals surface area contributed by atoms with Gasteiger partial charge in [-0.05, 0) is 19.3 Å². The van der Waals surface area contributed by atoms with Crippen molar-refractivity contribution >= 4 is 0 Å². The van der Waals surface area contributed by atoms with Crippen LogP contribution in [0.5, 0.6) is 0 Å². The van der Waals surface area contributed by atoms with Gasteiger partial charge in [-0.15, -0.1) is 0 Å². The molecule has 0 unspecified atom stereocenters. The molecule has 0 fully saturated rings. The first-order chi connectivity index (χ1) is 6.31. The van der Waals surface area contributed by atoms with Crippen LogP contribution >= 0.6 is 0 Å². The van der Waals surface area contributed by atoms with E-state index in [1.165, 1.54) is 50.5 Å². The average molecular weight is 181 g/mol. The second kappa shape index (κ2) is 9.83. The predicted molar refractivity (Wildman–Crippen MR) is 60.7 cm³/mol. The van der Waals surface area contributed by atoms with Gasteiger partial charge in [0.2, 0.25) is 0 Å². The molecule has 0 aliphatic rings. The number of allylic oxidation sites excluding steroid dienone is 1. The van der Waals surface area contributed by atoms with Crippen molar-refractivity contribution in [1.29, 1.82) is 0 Å². The van der Waals surface area contributed by atoms with E-state index in [0.717, 1.165) is 12.8 Å². The molecule has 0 spiro atoms. The van der Waals surface area contributed by atoms with Gasteiger partial charge in [-0.2, -0.15) is 0 Å². The predicted octanol–water partition coefficient (Wildman–Crippen LogP) is 4.90. The van der Waals surface area contributed by atoms with E-state index in [4.69, 9.17) is 6.58 Å². The zero-order chi connectivity index (χ0) is 9.94. The first kappa shape index (κ1) is 12.7. The SMILES string of the molecule is [CH]=C(CC)CCCCCCCCC. The Balaban J connectivity index is 2.95. The maximum Gasteiger partial charge on any atom is -0.0317 e. The quantitative estimate of drug-likeness (QED) is 0.444. The first-order valence-electron chi connectivity index (χ1n) is 5.91. The number of rotatable bonds is 9. The standard InChI is InChI=1S/C13H25/c1-4-6-7-8-9-10-11-12-13(3)5-2/h3H,4-12H2,1-2H3. The van der Waals surface area contributed by atoms with Crippen molar-refractivity contribution < 1.29 is 0 Å². The first-order valence-corrected chi connectivity index (χ1v) is 5.91.